The Morgan fingerprint density at radius 3 is 1.17 bits per heavy atom. The second-order valence-corrected chi connectivity index (χ2v) is 7.25. The highest BCUT2D eigenvalue weighted by atomic mass is 31.1. The molecule has 0 amide bonds. The van der Waals surface area contributed by atoms with Crippen molar-refractivity contribution in [1.82, 2.24) is 0 Å². The second kappa shape index (κ2) is 8.41. The Hall–Kier alpha value is -2.24. The zero-order chi connectivity index (χ0) is 16.7. The monoisotopic (exact) mass is 321 g/mol. The molecule has 0 fully saturated rings. The number of hydrogen-bond acceptors (Lipinski definition) is 1. The van der Waals surface area contributed by atoms with Crippen molar-refractivity contribution in [2.75, 3.05) is 0 Å². The van der Waals surface area contributed by atoms with E-state index in [0.29, 0.717) is 0 Å². The van der Waals surface area contributed by atoms with Crippen LogP contribution >= 0.6 is 7.80 Å². The molecule has 3 aromatic carbocycles. The van der Waals surface area contributed by atoms with Gasteiger partial charge in [-0.05, 0) is 45.0 Å². The molecular formula is C21H22OP+. The minimum absolute atomic E-state index is 0.883. The Morgan fingerprint density at radius 2 is 0.870 bits per heavy atom. The average molecular weight is 321 g/mol. The van der Waals surface area contributed by atoms with E-state index in [2.05, 4.69) is 39.0 Å². The van der Waals surface area contributed by atoms with Gasteiger partial charge < -0.3 is 0 Å². The fourth-order valence-electron chi connectivity index (χ4n) is 2.48. The minimum atomic E-state index is -1.42. The van der Waals surface area contributed by atoms with Crippen molar-refractivity contribution >= 4 is 18.4 Å². The van der Waals surface area contributed by atoms with Gasteiger partial charge in [-0.2, -0.15) is 0 Å². The van der Waals surface area contributed by atoms with E-state index >= 15 is 0 Å². The fourth-order valence-corrected chi connectivity index (χ4v) is 3.66. The Kier molecular flexibility index (Phi) is 6.26. The van der Waals surface area contributed by atoms with Gasteiger partial charge in [-0.15, -0.1) is 0 Å². The first-order valence-corrected chi connectivity index (χ1v) is 8.94. The maximum absolute atomic E-state index is 12.0. The average Bonchev–Trinajstić information content (AvgIpc) is 2.55. The Bertz CT molecular complexity index is 672. The summed E-state index contributed by atoms with van der Waals surface area (Å²) in [7, 11) is -1.42. The normalized spacial score (nSPS) is 9.70. The summed E-state index contributed by atoms with van der Waals surface area (Å²) in [5, 5.41) is 1.77. The summed E-state index contributed by atoms with van der Waals surface area (Å²) in [6.07, 6.45) is 0. The van der Waals surface area contributed by atoms with Gasteiger partial charge in [-0.1, -0.05) is 75.9 Å². The van der Waals surface area contributed by atoms with Crippen LogP contribution in [0, 0.1) is 20.8 Å². The van der Waals surface area contributed by atoms with Crippen molar-refractivity contribution in [3.63, 3.8) is 0 Å². The summed E-state index contributed by atoms with van der Waals surface area (Å²) in [5.74, 6) is 0. The molecule has 0 saturated heterocycles. The van der Waals surface area contributed by atoms with Gasteiger partial charge in [0.25, 0.3) is 0 Å². The van der Waals surface area contributed by atoms with Gasteiger partial charge in [-0.3, -0.25) is 0 Å². The molecule has 0 bridgehead atoms. The summed E-state index contributed by atoms with van der Waals surface area (Å²) in [6.45, 7) is 6.38. The van der Waals surface area contributed by atoms with Crippen LogP contribution in [0.2, 0.25) is 0 Å². The third-order valence-electron chi connectivity index (χ3n) is 3.35. The molecular weight excluding hydrogens is 299 g/mol. The molecule has 0 aliphatic rings. The summed E-state index contributed by atoms with van der Waals surface area (Å²) in [4.78, 5) is 0. The molecule has 0 aliphatic heterocycles. The van der Waals surface area contributed by atoms with Crippen LogP contribution in [0.15, 0.2) is 78.9 Å². The zero-order valence-electron chi connectivity index (χ0n) is 13.9. The van der Waals surface area contributed by atoms with E-state index in [1.54, 1.807) is 0 Å². The van der Waals surface area contributed by atoms with Gasteiger partial charge in [0.2, 0.25) is 0 Å². The lowest BCUT2D eigenvalue weighted by molar-refractivity contribution is 0.598. The van der Waals surface area contributed by atoms with Gasteiger partial charge in [0.05, 0.1) is 0 Å². The first kappa shape index (κ1) is 17.1. The predicted molar refractivity (Wildman–Crippen MR) is 100 cm³/mol. The lowest BCUT2D eigenvalue weighted by Gasteiger charge is -1.96. The maximum Gasteiger partial charge on any atom is 0.415 e. The van der Waals surface area contributed by atoms with Gasteiger partial charge in [0.1, 0.15) is 0 Å². The molecule has 1 nitrogen and oxygen atoms in total. The molecule has 0 aliphatic carbocycles. The molecule has 116 valence electrons. The van der Waals surface area contributed by atoms with Crippen molar-refractivity contribution in [3.05, 3.63) is 95.6 Å². The summed E-state index contributed by atoms with van der Waals surface area (Å²) < 4.78 is 12.0. The van der Waals surface area contributed by atoms with Crippen LogP contribution in [0.4, 0.5) is 0 Å². The summed E-state index contributed by atoms with van der Waals surface area (Å²) >= 11 is 0. The number of benzene rings is 3. The van der Waals surface area contributed by atoms with Crippen LogP contribution in [0.1, 0.15) is 16.7 Å². The molecule has 0 saturated carbocycles. The van der Waals surface area contributed by atoms with Crippen LogP contribution in [0.3, 0.4) is 0 Å². The van der Waals surface area contributed by atoms with Gasteiger partial charge in [0.15, 0.2) is 10.6 Å². The molecule has 0 aromatic heterocycles. The van der Waals surface area contributed by atoms with Gasteiger partial charge in [-0.25, -0.2) is 0 Å². The zero-order valence-corrected chi connectivity index (χ0v) is 14.8. The third-order valence-corrected chi connectivity index (χ3v) is 4.88. The van der Waals surface area contributed by atoms with E-state index in [-0.39, 0.29) is 0 Å². The quantitative estimate of drug-likeness (QED) is 0.602. The molecule has 0 radical (unpaired) electrons. The van der Waals surface area contributed by atoms with Crippen LogP contribution in [0.25, 0.3) is 0 Å². The van der Waals surface area contributed by atoms with Crippen LogP contribution in [-0.4, -0.2) is 0 Å². The van der Waals surface area contributed by atoms with Crippen molar-refractivity contribution in [1.29, 1.82) is 0 Å². The maximum atomic E-state index is 12.0. The van der Waals surface area contributed by atoms with E-state index in [9.17, 15) is 4.57 Å². The molecule has 2 heteroatoms. The molecule has 3 aromatic rings. The molecule has 0 atom stereocenters. The molecule has 23 heavy (non-hydrogen) atoms. The fraction of sp³-hybridized carbons (Fsp3) is 0.143. The largest absolute Gasteiger partial charge is 0.415 e. The van der Waals surface area contributed by atoms with Crippen LogP contribution in [-0.2, 0) is 4.57 Å². The molecule has 3 rings (SSSR count). The molecule has 0 spiro atoms. The summed E-state index contributed by atoms with van der Waals surface area (Å²) in [6, 6.07) is 25.6. The van der Waals surface area contributed by atoms with Crippen molar-refractivity contribution in [3.8, 4) is 0 Å². The number of aryl methyl sites for hydroxylation is 3. The Balaban J connectivity index is 0.000000185. The highest BCUT2D eigenvalue weighted by Crippen LogP contribution is 2.18. The van der Waals surface area contributed by atoms with E-state index in [1.807, 2.05) is 60.7 Å². The molecule has 0 heterocycles. The third kappa shape index (κ3) is 5.47. The van der Waals surface area contributed by atoms with Gasteiger partial charge in [0, 0.05) is 0 Å². The Morgan fingerprint density at radius 1 is 0.565 bits per heavy atom. The first-order chi connectivity index (χ1) is 11.1. The van der Waals surface area contributed by atoms with E-state index in [1.165, 1.54) is 16.7 Å². The van der Waals surface area contributed by atoms with Crippen molar-refractivity contribution in [2.24, 2.45) is 0 Å². The lowest BCUT2D eigenvalue weighted by atomic mass is 10.1. The van der Waals surface area contributed by atoms with Gasteiger partial charge >= 0.3 is 7.80 Å². The van der Waals surface area contributed by atoms with Crippen LogP contribution < -0.4 is 10.6 Å². The predicted octanol–water partition coefficient (Wildman–Crippen LogP) is 5.08. The lowest BCUT2D eigenvalue weighted by Crippen LogP contribution is -2.04. The topological polar surface area (TPSA) is 17.1 Å². The van der Waals surface area contributed by atoms with E-state index in [0.717, 1.165) is 10.6 Å². The van der Waals surface area contributed by atoms with Crippen molar-refractivity contribution < 1.29 is 4.57 Å². The van der Waals surface area contributed by atoms with E-state index < -0.39 is 7.80 Å². The molecule has 0 N–H and O–H groups in total. The minimum Gasteiger partial charge on any atom is -0.0619 e. The standard InChI is InChI=1S/C12H10OP.C9H12/c13-14(11-7-3-1-4-8-11)12-9-5-2-6-10-12;1-7-4-8(2)6-9(3)5-7/h1-10H;4-6H,1-3H3/q+1;. The van der Waals surface area contributed by atoms with E-state index in [4.69, 9.17) is 0 Å². The smallest absolute Gasteiger partial charge is 0.0619 e. The first-order valence-electron chi connectivity index (χ1n) is 7.68. The SMILES string of the molecule is Cc1cc(C)cc(C)c1.O=[P+](c1ccccc1)c1ccccc1. The molecule has 0 unspecified atom stereocenters. The van der Waals surface area contributed by atoms with Crippen molar-refractivity contribution in [2.45, 2.75) is 20.8 Å². The Labute approximate surface area is 139 Å². The number of rotatable bonds is 2. The highest BCUT2D eigenvalue weighted by molar-refractivity contribution is 7.61. The highest BCUT2D eigenvalue weighted by Gasteiger charge is 2.21. The number of hydrogen-bond donors (Lipinski definition) is 0. The van der Waals surface area contributed by atoms with Crippen LogP contribution in [0.5, 0.6) is 0 Å². The second-order valence-electron chi connectivity index (χ2n) is 5.63. The summed E-state index contributed by atoms with van der Waals surface area (Å²) in [5.41, 5.74) is 4.06.